The molecule has 0 aliphatic heterocycles. The standard InChI is InChI=1S/C11H15N3O2/c1-2-10(15)12-6-3-4-9-16-11-13-7-5-8-14-11/h2,5,7-8H,1,3-4,6,9H2,(H,12,15). The van der Waals surface area contributed by atoms with Crippen molar-refractivity contribution in [2.24, 2.45) is 0 Å². The third-order valence-corrected chi connectivity index (χ3v) is 1.83. The molecule has 5 heteroatoms. The van der Waals surface area contributed by atoms with Gasteiger partial charge in [0, 0.05) is 18.9 Å². The minimum Gasteiger partial charge on any atom is -0.463 e. The molecule has 1 heterocycles. The lowest BCUT2D eigenvalue weighted by Crippen LogP contribution is -2.22. The molecule has 1 rings (SSSR count). The van der Waals surface area contributed by atoms with Gasteiger partial charge in [0.15, 0.2) is 0 Å². The third kappa shape index (κ3) is 5.09. The zero-order valence-corrected chi connectivity index (χ0v) is 9.06. The van der Waals surface area contributed by atoms with Crippen LogP contribution in [-0.4, -0.2) is 29.0 Å². The van der Waals surface area contributed by atoms with Crippen LogP contribution in [0.15, 0.2) is 31.1 Å². The molecule has 0 aliphatic rings. The van der Waals surface area contributed by atoms with Gasteiger partial charge in [-0.3, -0.25) is 4.79 Å². The first-order valence-corrected chi connectivity index (χ1v) is 5.13. The van der Waals surface area contributed by atoms with Crippen LogP contribution in [0.2, 0.25) is 0 Å². The first-order valence-electron chi connectivity index (χ1n) is 5.13. The summed E-state index contributed by atoms with van der Waals surface area (Å²) in [5, 5.41) is 2.69. The Morgan fingerprint density at radius 1 is 1.44 bits per heavy atom. The second-order valence-electron chi connectivity index (χ2n) is 3.08. The summed E-state index contributed by atoms with van der Waals surface area (Å²) in [6, 6.07) is 2.12. The van der Waals surface area contributed by atoms with Crippen molar-refractivity contribution in [3.63, 3.8) is 0 Å². The maximum atomic E-state index is 10.8. The van der Waals surface area contributed by atoms with E-state index in [2.05, 4.69) is 21.9 Å². The highest BCUT2D eigenvalue weighted by Crippen LogP contribution is 1.98. The Morgan fingerprint density at radius 2 is 2.19 bits per heavy atom. The van der Waals surface area contributed by atoms with Crippen LogP contribution in [0, 0.1) is 0 Å². The molecule has 0 aliphatic carbocycles. The lowest BCUT2D eigenvalue weighted by Gasteiger charge is -2.04. The Kier molecular flexibility index (Phi) is 5.62. The maximum Gasteiger partial charge on any atom is 0.316 e. The Hall–Kier alpha value is -1.91. The molecule has 1 aromatic heterocycles. The predicted molar refractivity (Wildman–Crippen MR) is 60.0 cm³/mol. The van der Waals surface area contributed by atoms with Crippen LogP contribution >= 0.6 is 0 Å². The molecule has 0 bridgehead atoms. The summed E-state index contributed by atoms with van der Waals surface area (Å²) in [5.41, 5.74) is 0. The maximum absolute atomic E-state index is 10.8. The molecular formula is C11H15N3O2. The average molecular weight is 221 g/mol. The molecule has 1 amide bonds. The van der Waals surface area contributed by atoms with Crippen molar-refractivity contribution in [1.82, 2.24) is 15.3 Å². The summed E-state index contributed by atoms with van der Waals surface area (Å²) in [6.07, 6.45) is 6.22. The summed E-state index contributed by atoms with van der Waals surface area (Å²) < 4.78 is 5.28. The first kappa shape index (κ1) is 12.2. The Morgan fingerprint density at radius 3 is 2.88 bits per heavy atom. The Balaban J connectivity index is 2.00. The van der Waals surface area contributed by atoms with Gasteiger partial charge in [0.25, 0.3) is 0 Å². The summed E-state index contributed by atoms with van der Waals surface area (Å²) >= 11 is 0. The van der Waals surface area contributed by atoms with Gasteiger partial charge in [-0.2, -0.15) is 0 Å². The summed E-state index contributed by atoms with van der Waals surface area (Å²) in [4.78, 5) is 18.6. The Labute approximate surface area is 94.6 Å². The van der Waals surface area contributed by atoms with Gasteiger partial charge >= 0.3 is 6.01 Å². The van der Waals surface area contributed by atoms with Crippen molar-refractivity contribution >= 4 is 5.91 Å². The van der Waals surface area contributed by atoms with Crippen molar-refractivity contribution in [3.8, 4) is 6.01 Å². The number of aromatic nitrogens is 2. The van der Waals surface area contributed by atoms with Gasteiger partial charge in [0.2, 0.25) is 5.91 Å². The molecule has 0 aromatic carbocycles. The smallest absolute Gasteiger partial charge is 0.316 e. The number of carbonyl (C=O) groups excluding carboxylic acids is 1. The van der Waals surface area contributed by atoms with Gasteiger partial charge in [-0.25, -0.2) is 9.97 Å². The van der Waals surface area contributed by atoms with Crippen molar-refractivity contribution in [1.29, 1.82) is 0 Å². The number of rotatable bonds is 7. The van der Waals surface area contributed by atoms with Crippen LogP contribution in [-0.2, 0) is 4.79 Å². The fourth-order valence-electron chi connectivity index (χ4n) is 1.03. The van der Waals surface area contributed by atoms with Crippen LogP contribution in [0.1, 0.15) is 12.8 Å². The Bertz CT molecular complexity index is 327. The van der Waals surface area contributed by atoms with Crippen LogP contribution in [0.3, 0.4) is 0 Å². The van der Waals surface area contributed by atoms with Gasteiger partial charge in [-0.15, -0.1) is 0 Å². The zero-order valence-electron chi connectivity index (χ0n) is 9.06. The van der Waals surface area contributed by atoms with E-state index in [1.165, 1.54) is 6.08 Å². The fourth-order valence-corrected chi connectivity index (χ4v) is 1.03. The minimum atomic E-state index is -0.146. The molecule has 0 spiro atoms. The number of unbranched alkanes of at least 4 members (excludes halogenated alkanes) is 1. The molecule has 0 unspecified atom stereocenters. The molecule has 0 radical (unpaired) electrons. The van der Waals surface area contributed by atoms with Crippen molar-refractivity contribution in [3.05, 3.63) is 31.1 Å². The predicted octanol–water partition coefficient (Wildman–Crippen LogP) is 0.938. The average Bonchev–Trinajstić information content (AvgIpc) is 2.34. The van der Waals surface area contributed by atoms with E-state index >= 15 is 0 Å². The van der Waals surface area contributed by atoms with Crippen LogP contribution in [0.4, 0.5) is 0 Å². The number of nitrogens with one attached hydrogen (secondary N) is 1. The van der Waals surface area contributed by atoms with Crippen LogP contribution in [0.5, 0.6) is 6.01 Å². The number of nitrogens with zero attached hydrogens (tertiary/aromatic N) is 2. The molecule has 0 saturated heterocycles. The number of carbonyl (C=O) groups is 1. The van der Waals surface area contributed by atoms with E-state index in [1.807, 2.05) is 0 Å². The number of hydrogen-bond donors (Lipinski definition) is 1. The van der Waals surface area contributed by atoms with E-state index in [9.17, 15) is 4.79 Å². The normalized spacial score (nSPS) is 9.50. The van der Waals surface area contributed by atoms with Crippen LogP contribution < -0.4 is 10.1 Å². The number of hydrogen-bond acceptors (Lipinski definition) is 4. The number of amides is 1. The highest BCUT2D eigenvalue weighted by Gasteiger charge is 1.96. The molecule has 5 nitrogen and oxygen atoms in total. The lowest BCUT2D eigenvalue weighted by molar-refractivity contribution is -0.116. The topological polar surface area (TPSA) is 64.1 Å². The largest absolute Gasteiger partial charge is 0.463 e. The minimum absolute atomic E-state index is 0.146. The monoisotopic (exact) mass is 221 g/mol. The second-order valence-corrected chi connectivity index (χ2v) is 3.08. The third-order valence-electron chi connectivity index (χ3n) is 1.83. The van der Waals surface area contributed by atoms with Gasteiger partial charge < -0.3 is 10.1 Å². The molecule has 86 valence electrons. The fraction of sp³-hybridized carbons (Fsp3) is 0.364. The molecule has 0 fully saturated rings. The molecular weight excluding hydrogens is 206 g/mol. The summed E-state index contributed by atoms with van der Waals surface area (Å²) in [5.74, 6) is -0.146. The summed E-state index contributed by atoms with van der Waals surface area (Å²) in [7, 11) is 0. The van der Waals surface area contributed by atoms with E-state index in [0.717, 1.165) is 12.8 Å². The van der Waals surface area contributed by atoms with Crippen LogP contribution in [0.25, 0.3) is 0 Å². The molecule has 0 saturated carbocycles. The van der Waals surface area contributed by atoms with Crippen molar-refractivity contribution < 1.29 is 9.53 Å². The van der Waals surface area contributed by atoms with E-state index in [0.29, 0.717) is 19.2 Å². The highest BCUT2D eigenvalue weighted by molar-refractivity contribution is 5.86. The zero-order chi connectivity index (χ0) is 11.6. The second kappa shape index (κ2) is 7.39. The van der Waals surface area contributed by atoms with Gasteiger partial charge in [0.05, 0.1) is 6.61 Å². The van der Waals surface area contributed by atoms with E-state index < -0.39 is 0 Å². The molecule has 1 N–H and O–H groups in total. The van der Waals surface area contributed by atoms with Gasteiger partial charge in [-0.1, -0.05) is 6.58 Å². The van der Waals surface area contributed by atoms with Gasteiger partial charge in [0.1, 0.15) is 0 Å². The number of ether oxygens (including phenoxy) is 1. The van der Waals surface area contributed by atoms with Crippen molar-refractivity contribution in [2.75, 3.05) is 13.2 Å². The SMILES string of the molecule is C=CC(=O)NCCCCOc1ncccn1. The van der Waals surface area contributed by atoms with E-state index in [-0.39, 0.29) is 5.91 Å². The first-order chi connectivity index (χ1) is 7.83. The summed E-state index contributed by atoms with van der Waals surface area (Å²) in [6.45, 7) is 4.54. The molecule has 16 heavy (non-hydrogen) atoms. The van der Waals surface area contributed by atoms with E-state index in [4.69, 9.17) is 4.74 Å². The molecule has 0 atom stereocenters. The van der Waals surface area contributed by atoms with Gasteiger partial charge in [-0.05, 0) is 25.0 Å². The quantitative estimate of drug-likeness (QED) is 0.549. The highest BCUT2D eigenvalue weighted by atomic mass is 16.5. The van der Waals surface area contributed by atoms with Crippen molar-refractivity contribution in [2.45, 2.75) is 12.8 Å². The van der Waals surface area contributed by atoms with E-state index in [1.54, 1.807) is 18.5 Å². The molecule has 1 aromatic rings. The lowest BCUT2D eigenvalue weighted by atomic mass is 10.3.